The lowest BCUT2D eigenvalue weighted by Crippen LogP contribution is -2.15. The molecular weight excluding hydrogens is 204 g/mol. The zero-order chi connectivity index (χ0) is 11.7. The zero-order valence-corrected chi connectivity index (χ0v) is 9.33. The summed E-state index contributed by atoms with van der Waals surface area (Å²) in [4.78, 5) is 14.4. The summed E-state index contributed by atoms with van der Waals surface area (Å²) in [5.41, 5.74) is 7.55. The van der Waals surface area contributed by atoms with E-state index < -0.39 is 0 Å². The standard InChI is InChI=1S/C12H14N2O2/c1-7-5-10(8(2)16-7)11-4-3-9(6-13)12(15)14-11/h3-5H,6,13H2,1-2H3,(H,14,15). The molecule has 2 aromatic heterocycles. The molecule has 0 amide bonds. The smallest absolute Gasteiger partial charge is 0.252 e. The Hall–Kier alpha value is -1.81. The van der Waals surface area contributed by atoms with Gasteiger partial charge in [-0.3, -0.25) is 4.79 Å². The van der Waals surface area contributed by atoms with Crippen molar-refractivity contribution >= 4 is 0 Å². The number of nitrogens with one attached hydrogen (secondary N) is 1. The Kier molecular flexibility index (Phi) is 2.66. The number of aromatic nitrogens is 1. The number of aryl methyl sites for hydroxylation is 2. The molecule has 4 nitrogen and oxygen atoms in total. The van der Waals surface area contributed by atoms with Gasteiger partial charge in [0.15, 0.2) is 0 Å². The van der Waals surface area contributed by atoms with Crippen molar-refractivity contribution in [3.8, 4) is 11.3 Å². The Morgan fingerprint density at radius 3 is 2.62 bits per heavy atom. The molecule has 2 rings (SSSR count). The van der Waals surface area contributed by atoms with Crippen LogP contribution in [-0.4, -0.2) is 4.98 Å². The molecule has 2 aromatic rings. The number of nitrogens with two attached hydrogens (primary N) is 1. The van der Waals surface area contributed by atoms with Crippen LogP contribution in [0.3, 0.4) is 0 Å². The summed E-state index contributed by atoms with van der Waals surface area (Å²) in [6.45, 7) is 4.00. The molecule has 0 radical (unpaired) electrons. The average molecular weight is 218 g/mol. The fraction of sp³-hybridized carbons (Fsp3) is 0.250. The highest BCUT2D eigenvalue weighted by molar-refractivity contribution is 5.61. The predicted molar refractivity (Wildman–Crippen MR) is 62.1 cm³/mol. The van der Waals surface area contributed by atoms with E-state index in [4.69, 9.17) is 10.2 Å². The van der Waals surface area contributed by atoms with Crippen LogP contribution in [0.1, 0.15) is 17.1 Å². The molecule has 2 heterocycles. The summed E-state index contributed by atoms with van der Waals surface area (Å²) in [5.74, 6) is 1.63. The fourth-order valence-electron chi connectivity index (χ4n) is 1.72. The van der Waals surface area contributed by atoms with Gasteiger partial charge in [0.1, 0.15) is 11.5 Å². The predicted octanol–water partition coefficient (Wildman–Crippen LogP) is 1.71. The van der Waals surface area contributed by atoms with E-state index in [0.717, 1.165) is 22.8 Å². The summed E-state index contributed by atoms with van der Waals surface area (Å²) in [7, 11) is 0. The molecule has 4 heteroatoms. The molecule has 0 aromatic carbocycles. The van der Waals surface area contributed by atoms with Gasteiger partial charge in [0.2, 0.25) is 0 Å². The first-order chi connectivity index (χ1) is 7.61. The molecule has 0 aliphatic heterocycles. The number of rotatable bonds is 2. The second kappa shape index (κ2) is 3.98. The molecular formula is C12H14N2O2. The second-order valence-corrected chi connectivity index (χ2v) is 3.76. The normalized spacial score (nSPS) is 10.7. The maximum atomic E-state index is 11.6. The van der Waals surface area contributed by atoms with Crippen molar-refractivity contribution in [2.45, 2.75) is 20.4 Å². The van der Waals surface area contributed by atoms with E-state index in [9.17, 15) is 4.79 Å². The van der Waals surface area contributed by atoms with Crippen molar-refractivity contribution in [1.82, 2.24) is 4.98 Å². The van der Waals surface area contributed by atoms with Gasteiger partial charge in [-0.2, -0.15) is 0 Å². The van der Waals surface area contributed by atoms with E-state index in [0.29, 0.717) is 5.56 Å². The van der Waals surface area contributed by atoms with Gasteiger partial charge in [-0.15, -0.1) is 0 Å². The Bertz CT molecular complexity index is 567. The average Bonchev–Trinajstić information content (AvgIpc) is 2.58. The summed E-state index contributed by atoms with van der Waals surface area (Å²) >= 11 is 0. The van der Waals surface area contributed by atoms with Crippen LogP contribution < -0.4 is 11.3 Å². The topological polar surface area (TPSA) is 72.0 Å². The van der Waals surface area contributed by atoms with Crippen LogP contribution in [0.15, 0.2) is 27.4 Å². The van der Waals surface area contributed by atoms with Gasteiger partial charge in [-0.25, -0.2) is 0 Å². The van der Waals surface area contributed by atoms with Crippen molar-refractivity contribution in [1.29, 1.82) is 0 Å². The lowest BCUT2D eigenvalue weighted by molar-refractivity contribution is 0.505. The molecule has 16 heavy (non-hydrogen) atoms. The van der Waals surface area contributed by atoms with Gasteiger partial charge in [-0.1, -0.05) is 6.07 Å². The third-order valence-electron chi connectivity index (χ3n) is 2.54. The molecule has 0 fully saturated rings. The number of pyridine rings is 1. The van der Waals surface area contributed by atoms with E-state index in [-0.39, 0.29) is 12.1 Å². The van der Waals surface area contributed by atoms with Crippen molar-refractivity contribution in [2.24, 2.45) is 5.73 Å². The first-order valence-electron chi connectivity index (χ1n) is 5.11. The van der Waals surface area contributed by atoms with Crippen molar-refractivity contribution in [3.05, 3.63) is 45.6 Å². The molecule has 84 valence electrons. The summed E-state index contributed by atoms with van der Waals surface area (Å²) < 4.78 is 5.42. The van der Waals surface area contributed by atoms with Gasteiger partial charge in [0, 0.05) is 17.7 Å². The first kappa shape index (κ1) is 10.7. The molecule has 0 aliphatic carbocycles. The third-order valence-corrected chi connectivity index (χ3v) is 2.54. The maximum absolute atomic E-state index is 11.6. The van der Waals surface area contributed by atoms with Crippen molar-refractivity contribution < 1.29 is 4.42 Å². The van der Waals surface area contributed by atoms with E-state index >= 15 is 0 Å². The summed E-state index contributed by atoms with van der Waals surface area (Å²) in [5, 5.41) is 0. The van der Waals surface area contributed by atoms with E-state index in [2.05, 4.69) is 4.98 Å². The second-order valence-electron chi connectivity index (χ2n) is 3.76. The largest absolute Gasteiger partial charge is 0.466 e. The molecule has 3 N–H and O–H groups in total. The van der Waals surface area contributed by atoms with Gasteiger partial charge in [0.25, 0.3) is 5.56 Å². The highest BCUT2D eigenvalue weighted by Gasteiger charge is 2.08. The van der Waals surface area contributed by atoms with E-state index in [1.807, 2.05) is 26.0 Å². The molecule has 0 bridgehead atoms. The molecule has 0 aliphatic rings. The van der Waals surface area contributed by atoms with Crippen molar-refractivity contribution in [2.75, 3.05) is 0 Å². The number of furan rings is 1. The van der Waals surface area contributed by atoms with Gasteiger partial charge in [-0.05, 0) is 26.0 Å². The first-order valence-corrected chi connectivity index (χ1v) is 5.11. The van der Waals surface area contributed by atoms with Crippen LogP contribution in [0.4, 0.5) is 0 Å². The minimum absolute atomic E-state index is 0.141. The maximum Gasteiger partial charge on any atom is 0.252 e. The Morgan fingerprint density at radius 1 is 1.38 bits per heavy atom. The monoisotopic (exact) mass is 218 g/mol. The minimum Gasteiger partial charge on any atom is -0.466 e. The molecule has 0 spiro atoms. The molecule has 0 saturated heterocycles. The fourth-order valence-corrected chi connectivity index (χ4v) is 1.72. The highest BCUT2D eigenvalue weighted by atomic mass is 16.3. The number of hydrogen-bond donors (Lipinski definition) is 2. The lowest BCUT2D eigenvalue weighted by Gasteiger charge is -2.00. The Balaban J connectivity index is 2.53. The molecule has 0 unspecified atom stereocenters. The van der Waals surface area contributed by atoms with Crippen LogP contribution in [0.2, 0.25) is 0 Å². The third kappa shape index (κ3) is 1.79. The van der Waals surface area contributed by atoms with Gasteiger partial charge in [0.05, 0.1) is 5.69 Å². The zero-order valence-electron chi connectivity index (χ0n) is 9.33. The van der Waals surface area contributed by atoms with E-state index in [1.54, 1.807) is 6.07 Å². The molecule has 0 atom stereocenters. The quantitative estimate of drug-likeness (QED) is 0.806. The lowest BCUT2D eigenvalue weighted by atomic mass is 10.1. The number of aromatic amines is 1. The van der Waals surface area contributed by atoms with E-state index in [1.165, 1.54) is 0 Å². The van der Waals surface area contributed by atoms with Crippen LogP contribution in [0.5, 0.6) is 0 Å². The Morgan fingerprint density at radius 2 is 2.12 bits per heavy atom. The van der Waals surface area contributed by atoms with Gasteiger partial charge >= 0.3 is 0 Å². The SMILES string of the molecule is Cc1cc(-c2ccc(CN)c(=O)[nH]2)c(C)o1. The van der Waals surface area contributed by atoms with Crippen molar-refractivity contribution in [3.63, 3.8) is 0 Å². The molecule has 0 saturated carbocycles. The van der Waals surface area contributed by atoms with Crippen LogP contribution in [0, 0.1) is 13.8 Å². The van der Waals surface area contributed by atoms with Crippen LogP contribution in [0.25, 0.3) is 11.3 Å². The Labute approximate surface area is 93.1 Å². The number of H-pyrrole nitrogens is 1. The van der Waals surface area contributed by atoms with Crippen LogP contribution in [-0.2, 0) is 6.54 Å². The number of hydrogen-bond acceptors (Lipinski definition) is 3. The summed E-state index contributed by atoms with van der Waals surface area (Å²) in [6, 6.07) is 5.50. The highest BCUT2D eigenvalue weighted by Crippen LogP contribution is 2.23. The van der Waals surface area contributed by atoms with Crippen LogP contribution >= 0.6 is 0 Å². The van der Waals surface area contributed by atoms with Gasteiger partial charge < -0.3 is 15.1 Å². The minimum atomic E-state index is -0.141. The summed E-state index contributed by atoms with van der Waals surface area (Å²) in [6.07, 6.45) is 0.